The van der Waals surface area contributed by atoms with Crippen LogP contribution in [0.5, 0.6) is 0 Å². The summed E-state index contributed by atoms with van der Waals surface area (Å²) in [6.07, 6.45) is 7.34. The zero-order chi connectivity index (χ0) is 16.1. The first kappa shape index (κ1) is 14.2. The van der Waals surface area contributed by atoms with E-state index in [1.54, 1.807) is 6.20 Å². The van der Waals surface area contributed by atoms with Crippen molar-refractivity contribution >= 4 is 11.6 Å². The van der Waals surface area contributed by atoms with Crippen molar-refractivity contribution in [3.05, 3.63) is 54.6 Å². The van der Waals surface area contributed by atoms with Gasteiger partial charge in [-0.3, -0.25) is 9.97 Å². The predicted octanol–water partition coefficient (Wildman–Crippen LogP) is 3.00. The van der Waals surface area contributed by atoms with Crippen molar-refractivity contribution in [2.45, 2.75) is 37.9 Å². The minimum absolute atomic E-state index is 0.162. The summed E-state index contributed by atoms with van der Waals surface area (Å²) >= 11 is 0. The first-order valence-corrected chi connectivity index (χ1v) is 7.85. The van der Waals surface area contributed by atoms with Gasteiger partial charge in [-0.1, -0.05) is 0 Å². The molecule has 2 aliphatic rings. The minimum atomic E-state index is -0.280. The highest BCUT2D eigenvalue weighted by atomic mass is 16.5. The molecule has 0 saturated carbocycles. The highest BCUT2D eigenvalue weighted by molar-refractivity contribution is 5.98. The molecule has 0 amide bonds. The maximum Gasteiger partial charge on any atom is 0.213 e. The number of anilines is 1. The topological polar surface area (TPSA) is 50.4 Å². The second-order valence-corrected chi connectivity index (χ2v) is 6.93. The summed E-state index contributed by atoms with van der Waals surface area (Å²) in [5, 5.41) is 0. The third-order valence-electron chi connectivity index (χ3n) is 4.57. The highest BCUT2D eigenvalue weighted by Crippen LogP contribution is 2.57. The van der Waals surface area contributed by atoms with Crippen LogP contribution in [-0.2, 0) is 4.74 Å². The zero-order valence-corrected chi connectivity index (χ0v) is 13.6. The van der Waals surface area contributed by atoms with Crippen LogP contribution < -0.4 is 4.90 Å². The normalized spacial score (nSPS) is 28.2. The fourth-order valence-corrected chi connectivity index (χ4v) is 3.39. The van der Waals surface area contributed by atoms with E-state index in [9.17, 15) is 0 Å². The average molecular weight is 308 g/mol. The molecule has 4 rings (SSSR count). The van der Waals surface area contributed by atoms with E-state index in [-0.39, 0.29) is 17.1 Å². The summed E-state index contributed by atoms with van der Waals surface area (Å²) in [6.45, 7) is 7.01. The number of pyridine rings is 2. The number of aromatic nitrogens is 2. The standard InChI is InChI=1S/C18H20N4O/c1-17(2)12-23-16(21-17)18(3)15(13-6-9-19-10-7-13)22(18)14-5-4-8-20-11-14/h4-11,15H,12H2,1-3H3/t15-,18+,22?/m1/s1. The number of hydrogen-bond acceptors (Lipinski definition) is 5. The van der Waals surface area contributed by atoms with E-state index < -0.39 is 0 Å². The van der Waals surface area contributed by atoms with Crippen molar-refractivity contribution in [3.63, 3.8) is 0 Å². The lowest BCUT2D eigenvalue weighted by molar-refractivity contribution is 0.270. The maximum absolute atomic E-state index is 5.97. The molecule has 118 valence electrons. The van der Waals surface area contributed by atoms with Gasteiger partial charge in [0.05, 0.1) is 23.5 Å². The Hall–Kier alpha value is -2.43. The molecule has 2 atom stereocenters. The van der Waals surface area contributed by atoms with Gasteiger partial charge in [0.2, 0.25) is 5.90 Å². The van der Waals surface area contributed by atoms with Crippen molar-refractivity contribution in [1.82, 2.24) is 9.97 Å². The van der Waals surface area contributed by atoms with E-state index in [1.807, 2.05) is 24.7 Å². The molecule has 0 unspecified atom stereocenters. The van der Waals surface area contributed by atoms with E-state index in [1.165, 1.54) is 5.56 Å². The van der Waals surface area contributed by atoms with Gasteiger partial charge in [0.15, 0.2) is 0 Å². The van der Waals surface area contributed by atoms with Crippen LogP contribution >= 0.6 is 0 Å². The van der Waals surface area contributed by atoms with E-state index in [2.05, 4.69) is 53.8 Å². The second kappa shape index (κ2) is 4.78. The fourth-order valence-electron chi connectivity index (χ4n) is 3.39. The smallest absolute Gasteiger partial charge is 0.213 e. The van der Waals surface area contributed by atoms with Gasteiger partial charge in [0.1, 0.15) is 12.1 Å². The Balaban J connectivity index is 1.77. The molecule has 5 nitrogen and oxygen atoms in total. The van der Waals surface area contributed by atoms with Crippen LogP contribution in [-0.4, -0.2) is 33.6 Å². The predicted molar refractivity (Wildman–Crippen MR) is 89.6 cm³/mol. The van der Waals surface area contributed by atoms with Crippen molar-refractivity contribution in [3.8, 4) is 0 Å². The molecule has 0 spiro atoms. The Kier molecular flexibility index (Phi) is 2.95. The van der Waals surface area contributed by atoms with Gasteiger partial charge >= 0.3 is 0 Å². The van der Waals surface area contributed by atoms with Crippen LogP contribution in [0.25, 0.3) is 0 Å². The van der Waals surface area contributed by atoms with Gasteiger partial charge in [-0.25, -0.2) is 4.99 Å². The van der Waals surface area contributed by atoms with Crippen LogP contribution in [0.1, 0.15) is 32.4 Å². The summed E-state index contributed by atoms with van der Waals surface area (Å²) in [5.74, 6) is 0.813. The Morgan fingerprint density at radius 2 is 1.87 bits per heavy atom. The molecule has 0 bridgehead atoms. The number of nitrogens with zero attached hydrogens (tertiary/aromatic N) is 4. The van der Waals surface area contributed by atoms with Gasteiger partial charge in [-0.05, 0) is 50.6 Å². The lowest BCUT2D eigenvalue weighted by Gasteiger charge is -2.12. The van der Waals surface area contributed by atoms with Crippen LogP contribution in [0.4, 0.5) is 5.69 Å². The zero-order valence-electron chi connectivity index (χ0n) is 13.6. The number of aliphatic imine (C=N–C) groups is 1. The number of hydrogen-bond donors (Lipinski definition) is 0. The Morgan fingerprint density at radius 3 is 2.48 bits per heavy atom. The van der Waals surface area contributed by atoms with Crippen LogP contribution in [0.15, 0.2) is 54.0 Å². The van der Waals surface area contributed by atoms with E-state index >= 15 is 0 Å². The molecule has 23 heavy (non-hydrogen) atoms. The van der Waals surface area contributed by atoms with E-state index in [4.69, 9.17) is 9.73 Å². The van der Waals surface area contributed by atoms with Gasteiger partial charge in [-0.2, -0.15) is 0 Å². The van der Waals surface area contributed by atoms with Crippen LogP contribution in [0.2, 0.25) is 0 Å². The van der Waals surface area contributed by atoms with E-state index in [0.29, 0.717) is 6.61 Å². The summed E-state index contributed by atoms with van der Waals surface area (Å²) in [5.41, 5.74) is 1.85. The summed E-state index contributed by atoms with van der Waals surface area (Å²) < 4.78 is 5.97. The summed E-state index contributed by atoms with van der Waals surface area (Å²) in [4.78, 5) is 15.5. The molecule has 4 heterocycles. The van der Waals surface area contributed by atoms with Crippen molar-refractivity contribution in [2.24, 2.45) is 4.99 Å². The second-order valence-electron chi connectivity index (χ2n) is 6.93. The number of ether oxygens (including phenoxy) is 1. The van der Waals surface area contributed by atoms with Crippen LogP contribution in [0.3, 0.4) is 0 Å². The molecule has 1 saturated heterocycles. The molecule has 0 radical (unpaired) electrons. The summed E-state index contributed by atoms with van der Waals surface area (Å²) in [7, 11) is 0. The molecule has 5 heteroatoms. The molecule has 2 aromatic heterocycles. The Labute approximate surface area is 136 Å². The van der Waals surface area contributed by atoms with E-state index in [0.717, 1.165) is 11.6 Å². The third kappa shape index (κ3) is 2.19. The minimum Gasteiger partial charge on any atom is -0.477 e. The molecular formula is C18H20N4O. The third-order valence-corrected chi connectivity index (χ3v) is 4.57. The largest absolute Gasteiger partial charge is 0.477 e. The lowest BCUT2D eigenvalue weighted by atomic mass is 10.0. The monoisotopic (exact) mass is 308 g/mol. The Morgan fingerprint density at radius 1 is 1.09 bits per heavy atom. The first-order valence-electron chi connectivity index (χ1n) is 7.85. The van der Waals surface area contributed by atoms with Gasteiger partial charge in [-0.15, -0.1) is 0 Å². The SMILES string of the molecule is CC1(C)COC([C@]2(C)[C@@H](c3ccncc3)N2c2cccnc2)=N1. The fraction of sp³-hybridized carbons (Fsp3) is 0.389. The van der Waals surface area contributed by atoms with Crippen molar-refractivity contribution < 1.29 is 4.74 Å². The van der Waals surface area contributed by atoms with Crippen molar-refractivity contribution in [1.29, 1.82) is 0 Å². The van der Waals surface area contributed by atoms with Gasteiger partial charge in [0.25, 0.3) is 0 Å². The first-order chi connectivity index (χ1) is 11.0. The van der Waals surface area contributed by atoms with Crippen molar-refractivity contribution in [2.75, 3.05) is 11.5 Å². The molecule has 1 fully saturated rings. The summed E-state index contributed by atoms with van der Waals surface area (Å²) in [6, 6.07) is 8.33. The molecule has 0 aromatic carbocycles. The van der Waals surface area contributed by atoms with Gasteiger partial charge < -0.3 is 9.64 Å². The quantitative estimate of drug-likeness (QED) is 0.818. The molecule has 0 N–H and O–H groups in total. The molecule has 2 aliphatic heterocycles. The molecule has 0 aliphatic carbocycles. The average Bonchev–Trinajstić information content (AvgIpc) is 3.03. The number of rotatable bonds is 3. The molecular weight excluding hydrogens is 288 g/mol. The highest BCUT2D eigenvalue weighted by Gasteiger charge is 2.66. The lowest BCUT2D eigenvalue weighted by Crippen LogP contribution is -2.26. The molecule has 2 aromatic rings. The maximum atomic E-state index is 5.97. The Bertz CT molecular complexity index is 697. The van der Waals surface area contributed by atoms with Gasteiger partial charge in [0, 0.05) is 18.6 Å². The van der Waals surface area contributed by atoms with Crippen LogP contribution in [0, 0.1) is 0 Å².